The van der Waals surface area contributed by atoms with Crippen LogP contribution in [-0.4, -0.2) is 6.61 Å². The van der Waals surface area contributed by atoms with Gasteiger partial charge in [0.15, 0.2) is 0 Å². The van der Waals surface area contributed by atoms with E-state index in [9.17, 15) is 0 Å². The lowest BCUT2D eigenvalue weighted by Gasteiger charge is -2.28. The average Bonchev–Trinajstić information content (AvgIpc) is 3.22. The molecular formula is C52H78O2. The first-order valence-electron chi connectivity index (χ1n) is 23.1. The minimum Gasteiger partial charge on any atom is -0.374 e. The van der Waals surface area contributed by atoms with Crippen LogP contribution in [0, 0.1) is 23.7 Å². The number of unbranched alkanes of at least 4 members (excludes halogenated alkanes) is 6. The second kappa shape index (κ2) is 25.7. The number of ether oxygens (including phenoxy) is 2. The summed E-state index contributed by atoms with van der Waals surface area (Å²) in [6, 6.07) is 28.9. The summed E-state index contributed by atoms with van der Waals surface area (Å²) < 4.78 is 12.8. The van der Waals surface area contributed by atoms with E-state index >= 15 is 0 Å². The van der Waals surface area contributed by atoms with Gasteiger partial charge in [0.1, 0.15) is 6.10 Å². The lowest BCUT2D eigenvalue weighted by Crippen LogP contribution is -2.14. The van der Waals surface area contributed by atoms with Crippen molar-refractivity contribution in [3.63, 3.8) is 0 Å². The maximum atomic E-state index is 6.51. The van der Waals surface area contributed by atoms with Crippen LogP contribution in [0.4, 0.5) is 0 Å². The second-order valence-electron chi connectivity index (χ2n) is 17.6. The molecule has 2 fully saturated rings. The Labute approximate surface area is 332 Å². The maximum Gasteiger partial charge on any atom is 0.106 e. The molecular weight excluding hydrogens is 657 g/mol. The summed E-state index contributed by atoms with van der Waals surface area (Å²) in [7, 11) is 0. The average molecular weight is 735 g/mol. The summed E-state index contributed by atoms with van der Waals surface area (Å²) in [6.07, 6.45) is 33.8. The van der Waals surface area contributed by atoms with Gasteiger partial charge in [0, 0.05) is 0 Å². The maximum absolute atomic E-state index is 6.51. The highest BCUT2D eigenvalue weighted by Crippen LogP contribution is 2.36. The molecule has 0 aromatic heterocycles. The molecule has 1 atom stereocenters. The molecule has 2 aliphatic carbocycles. The molecule has 0 saturated heterocycles. The van der Waals surface area contributed by atoms with Gasteiger partial charge in [-0.1, -0.05) is 221 Å². The second-order valence-corrected chi connectivity index (χ2v) is 17.6. The molecule has 0 amide bonds. The molecule has 0 spiro atoms. The van der Waals surface area contributed by atoms with Gasteiger partial charge in [0.05, 0.1) is 19.8 Å². The third kappa shape index (κ3) is 16.4. The van der Waals surface area contributed by atoms with Crippen LogP contribution in [0.3, 0.4) is 0 Å². The zero-order valence-electron chi connectivity index (χ0n) is 34.8. The Morgan fingerprint density at radius 2 is 0.833 bits per heavy atom. The number of hydrogen-bond donors (Lipinski definition) is 0. The Balaban J connectivity index is 0.947. The van der Waals surface area contributed by atoms with Gasteiger partial charge in [0.25, 0.3) is 0 Å². The fraction of sp³-hybridized carbons (Fsp3) is 0.654. The van der Waals surface area contributed by atoms with E-state index in [0.29, 0.717) is 19.8 Å². The third-order valence-electron chi connectivity index (χ3n) is 13.2. The number of hydrogen-bond acceptors (Lipinski definition) is 2. The fourth-order valence-corrected chi connectivity index (χ4v) is 9.50. The molecule has 0 bridgehead atoms. The summed E-state index contributed by atoms with van der Waals surface area (Å²) in [5, 5.41) is 0. The molecule has 2 nitrogen and oxygen atoms in total. The zero-order valence-corrected chi connectivity index (χ0v) is 34.8. The summed E-state index contributed by atoms with van der Waals surface area (Å²) in [5.41, 5.74) is 6.56. The van der Waals surface area contributed by atoms with Crippen molar-refractivity contribution in [2.24, 2.45) is 23.7 Å². The normalized spacial score (nSPS) is 20.9. The van der Waals surface area contributed by atoms with E-state index in [2.05, 4.69) is 92.7 Å². The monoisotopic (exact) mass is 735 g/mol. The van der Waals surface area contributed by atoms with E-state index in [-0.39, 0.29) is 6.10 Å². The lowest BCUT2D eigenvalue weighted by atomic mass is 9.78. The lowest BCUT2D eigenvalue weighted by molar-refractivity contribution is -0.0313. The van der Waals surface area contributed by atoms with E-state index in [0.717, 1.165) is 23.7 Å². The molecule has 0 heterocycles. The molecule has 0 radical (unpaired) electrons. The fourth-order valence-electron chi connectivity index (χ4n) is 9.50. The Morgan fingerprint density at radius 3 is 1.26 bits per heavy atom. The van der Waals surface area contributed by atoms with Crippen LogP contribution in [0.25, 0.3) is 0 Å². The SMILES string of the molecule is CCCCC[C@H]1CC[C@H](CCCCc2ccc(COC[C@H](OCc3ccc(CCCC[C@H]4CC[C@H](CCCCC)CC4)cc3)c3ccccc3)cc2)CC1. The van der Waals surface area contributed by atoms with Crippen LogP contribution in [0.2, 0.25) is 0 Å². The Morgan fingerprint density at radius 1 is 0.444 bits per heavy atom. The van der Waals surface area contributed by atoms with E-state index in [1.54, 1.807) is 0 Å². The topological polar surface area (TPSA) is 18.5 Å². The van der Waals surface area contributed by atoms with E-state index < -0.39 is 0 Å². The van der Waals surface area contributed by atoms with Gasteiger partial charge >= 0.3 is 0 Å². The standard InChI is InChI=1S/C52H78O2/c1-3-5-8-16-43-24-28-45(29-25-43)18-12-14-20-47-32-36-49(37-33-47)40-53-42-52(51-22-10-7-11-23-51)54-41-50-38-34-48(35-39-50)21-15-13-19-46-30-26-44(27-31-46)17-9-6-4-2/h7,10-11,22-23,32-39,43-46,52H,3-6,8-9,12-21,24-31,40-42H2,1-2H3/t43-,44-,45-,46-,52-/m0/s1. The predicted octanol–water partition coefficient (Wildman–Crippen LogP) is 15.4. The summed E-state index contributed by atoms with van der Waals surface area (Å²) in [4.78, 5) is 0. The van der Waals surface area contributed by atoms with Crippen LogP contribution in [0.5, 0.6) is 0 Å². The van der Waals surface area contributed by atoms with Crippen molar-refractivity contribution < 1.29 is 9.47 Å². The highest BCUT2D eigenvalue weighted by Gasteiger charge is 2.21. The number of aryl methyl sites for hydroxylation is 2. The Hall–Kier alpha value is -2.42. The minimum atomic E-state index is -0.0901. The highest BCUT2D eigenvalue weighted by molar-refractivity contribution is 5.24. The molecule has 298 valence electrons. The molecule has 2 aliphatic rings. The van der Waals surface area contributed by atoms with Crippen molar-refractivity contribution in [3.8, 4) is 0 Å². The molecule has 3 aromatic carbocycles. The van der Waals surface area contributed by atoms with E-state index in [4.69, 9.17) is 9.47 Å². The van der Waals surface area contributed by atoms with Gasteiger partial charge in [-0.3, -0.25) is 0 Å². The van der Waals surface area contributed by atoms with E-state index in [1.807, 2.05) is 0 Å². The summed E-state index contributed by atoms with van der Waals surface area (Å²) in [6.45, 7) is 6.40. The van der Waals surface area contributed by atoms with Gasteiger partial charge in [-0.15, -0.1) is 0 Å². The third-order valence-corrected chi connectivity index (χ3v) is 13.2. The first-order chi connectivity index (χ1) is 26.7. The molecule has 0 aliphatic heterocycles. The molecule has 0 N–H and O–H groups in total. The van der Waals surface area contributed by atoms with Gasteiger partial charge < -0.3 is 9.47 Å². The van der Waals surface area contributed by atoms with Gasteiger partial charge in [-0.25, -0.2) is 0 Å². The van der Waals surface area contributed by atoms with Crippen molar-refractivity contribution in [2.75, 3.05) is 6.61 Å². The molecule has 54 heavy (non-hydrogen) atoms. The van der Waals surface area contributed by atoms with Gasteiger partial charge in [-0.2, -0.15) is 0 Å². The first kappa shape index (κ1) is 42.7. The Bertz CT molecular complexity index is 1330. The van der Waals surface area contributed by atoms with Crippen LogP contribution in [0.1, 0.15) is 189 Å². The first-order valence-corrected chi connectivity index (χ1v) is 23.1. The van der Waals surface area contributed by atoms with Gasteiger partial charge in [0.2, 0.25) is 0 Å². The van der Waals surface area contributed by atoms with Crippen molar-refractivity contribution in [3.05, 3.63) is 107 Å². The molecule has 2 saturated carbocycles. The Kier molecular flexibility index (Phi) is 20.3. The van der Waals surface area contributed by atoms with Crippen LogP contribution in [0.15, 0.2) is 78.9 Å². The zero-order chi connectivity index (χ0) is 37.5. The largest absolute Gasteiger partial charge is 0.374 e. The quantitative estimate of drug-likeness (QED) is 0.0765. The molecule has 5 rings (SSSR count). The van der Waals surface area contributed by atoms with Crippen molar-refractivity contribution in [2.45, 2.75) is 187 Å². The number of benzene rings is 3. The molecule has 3 aromatic rings. The van der Waals surface area contributed by atoms with Crippen LogP contribution < -0.4 is 0 Å². The van der Waals surface area contributed by atoms with Crippen molar-refractivity contribution in [1.29, 1.82) is 0 Å². The highest BCUT2D eigenvalue weighted by atomic mass is 16.5. The summed E-state index contributed by atoms with van der Waals surface area (Å²) in [5.74, 6) is 4.02. The van der Waals surface area contributed by atoms with Crippen molar-refractivity contribution in [1.82, 2.24) is 0 Å². The van der Waals surface area contributed by atoms with Gasteiger partial charge in [-0.05, 0) is 77.2 Å². The molecule has 2 heteroatoms. The molecule has 0 unspecified atom stereocenters. The van der Waals surface area contributed by atoms with Crippen LogP contribution in [-0.2, 0) is 35.5 Å². The summed E-state index contributed by atoms with van der Waals surface area (Å²) >= 11 is 0. The van der Waals surface area contributed by atoms with E-state index in [1.165, 1.54) is 182 Å². The van der Waals surface area contributed by atoms with Crippen LogP contribution >= 0.6 is 0 Å². The number of rotatable bonds is 26. The minimum absolute atomic E-state index is 0.0901. The van der Waals surface area contributed by atoms with Crippen molar-refractivity contribution >= 4 is 0 Å². The predicted molar refractivity (Wildman–Crippen MR) is 231 cm³/mol. The smallest absolute Gasteiger partial charge is 0.106 e.